The quantitative estimate of drug-likeness (QED) is 0.832. The molecule has 1 aromatic carbocycles. The first kappa shape index (κ1) is 17.6. The Morgan fingerprint density at radius 2 is 1.81 bits per heavy atom. The van der Waals surface area contributed by atoms with Crippen LogP contribution in [0.1, 0.15) is 33.3 Å². The minimum atomic E-state index is -4.50. The maximum absolute atomic E-state index is 12.7. The molecule has 1 aromatic rings. The molecule has 0 radical (unpaired) electrons. The number of rotatable bonds is 3. The number of halogens is 4. The van der Waals surface area contributed by atoms with E-state index in [1.165, 1.54) is 13.0 Å². The first-order valence-electron chi connectivity index (χ1n) is 6.26. The fourth-order valence-corrected chi connectivity index (χ4v) is 1.77. The highest BCUT2D eigenvalue weighted by atomic mass is 35.5. The normalized spacial score (nSPS) is 13.7. The summed E-state index contributed by atoms with van der Waals surface area (Å²) in [5, 5.41) is 2.59. The minimum Gasteiger partial charge on any atom is -0.458 e. The fraction of sp³-hybridized carbons (Fsp3) is 0.500. The molecule has 1 atom stereocenters. The molecule has 0 aromatic heterocycles. The summed E-state index contributed by atoms with van der Waals surface area (Å²) in [4.78, 5) is 11.8. The van der Waals surface area contributed by atoms with Crippen LogP contribution in [0.2, 0.25) is 5.02 Å². The van der Waals surface area contributed by atoms with Crippen LogP contribution in [-0.4, -0.2) is 17.6 Å². The Balaban J connectivity index is 2.88. The molecule has 0 spiro atoms. The number of carbonyl (C=O) groups excluding carboxylic acids is 1. The third-order valence-electron chi connectivity index (χ3n) is 2.37. The van der Waals surface area contributed by atoms with Crippen LogP contribution in [-0.2, 0) is 15.7 Å². The van der Waals surface area contributed by atoms with E-state index in [4.69, 9.17) is 16.3 Å². The zero-order chi connectivity index (χ0) is 16.4. The van der Waals surface area contributed by atoms with E-state index in [1.54, 1.807) is 20.8 Å². The zero-order valence-electron chi connectivity index (χ0n) is 12.1. The molecule has 3 nitrogen and oxygen atoms in total. The second-order valence-corrected chi connectivity index (χ2v) is 6.06. The molecular formula is C14H17ClF3NO2. The lowest BCUT2D eigenvalue weighted by atomic mass is 10.1. The summed E-state index contributed by atoms with van der Waals surface area (Å²) in [7, 11) is 0. The number of ether oxygens (including phenoxy) is 1. The number of hydrogen-bond donors (Lipinski definition) is 1. The summed E-state index contributed by atoms with van der Waals surface area (Å²) < 4.78 is 43.2. The molecular weight excluding hydrogens is 307 g/mol. The third-order valence-corrected chi connectivity index (χ3v) is 2.59. The number of hydrogen-bond acceptors (Lipinski definition) is 3. The molecule has 0 saturated carbocycles. The van der Waals surface area contributed by atoms with Gasteiger partial charge in [0.15, 0.2) is 0 Å². The summed E-state index contributed by atoms with van der Waals surface area (Å²) in [5.74, 6) is -0.559. The van der Waals surface area contributed by atoms with Gasteiger partial charge in [-0.2, -0.15) is 13.2 Å². The molecule has 0 bridgehead atoms. The number of carbonyl (C=O) groups is 1. The number of benzene rings is 1. The number of anilines is 1. The third kappa shape index (κ3) is 5.83. The summed E-state index contributed by atoms with van der Waals surface area (Å²) in [5.41, 5.74) is -1.44. The summed E-state index contributed by atoms with van der Waals surface area (Å²) >= 11 is 5.67. The van der Waals surface area contributed by atoms with Crippen molar-refractivity contribution in [3.63, 3.8) is 0 Å². The number of esters is 1. The lowest BCUT2D eigenvalue weighted by molar-refractivity contribution is -0.155. The molecule has 0 aliphatic rings. The van der Waals surface area contributed by atoms with Crippen molar-refractivity contribution in [1.82, 2.24) is 0 Å². The van der Waals surface area contributed by atoms with Gasteiger partial charge in [-0.15, -0.1) is 0 Å². The van der Waals surface area contributed by atoms with Gasteiger partial charge in [0.05, 0.1) is 5.56 Å². The summed E-state index contributed by atoms with van der Waals surface area (Å²) in [6.45, 7) is 6.62. The van der Waals surface area contributed by atoms with Gasteiger partial charge in [-0.1, -0.05) is 11.6 Å². The van der Waals surface area contributed by atoms with E-state index >= 15 is 0 Å². The van der Waals surface area contributed by atoms with E-state index in [1.807, 2.05) is 0 Å². The van der Waals surface area contributed by atoms with Crippen molar-refractivity contribution in [1.29, 1.82) is 0 Å². The molecule has 0 aliphatic heterocycles. The standard InChI is InChI=1S/C14H17ClF3NO2/c1-8(12(20)21-13(2,3)4)19-11-6-9(14(16,17)18)5-10(15)7-11/h5-8,19H,1-4H3. The van der Waals surface area contributed by atoms with Gasteiger partial charge in [0.2, 0.25) is 0 Å². The van der Waals surface area contributed by atoms with Crippen LogP contribution in [0.4, 0.5) is 18.9 Å². The first-order chi connectivity index (χ1) is 9.38. The van der Waals surface area contributed by atoms with E-state index in [0.29, 0.717) is 0 Å². The van der Waals surface area contributed by atoms with Gasteiger partial charge < -0.3 is 10.1 Å². The Morgan fingerprint density at radius 1 is 1.24 bits per heavy atom. The van der Waals surface area contributed by atoms with Gasteiger partial charge in [0.25, 0.3) is 0 Å². The smallest absolute Gasteiger partial charge is 0.416 e. The molecule has 21 heavy (non-hydrogen) atoms. The van der Waals surface area contributed by atoms with Crippen molar-refractivity contribution in [2.45, 2.75) is 45.5 Å². The van der Waals surface area contributed by atoms with Crippen molar-refractivity contribution >= 4 is 23.3 Å². The van der Waals surface area contributed by atoms with Crippen LogP contribution < -0.4 is 5.32 Å². The molecule has 0 heterocycles. The Kier molecular flexibility index (Phi) is 5.15. The Morgan fingerprint density at radius 3 is 2.29 bits per heavy atom. The van der Waals surface area contributed by atoms with Gasteiger partial charge in [-0.25, -0.2) is 4.79 Å². The number of nitrogens with one attached hydrogen (secondary N) is 1. The molecule has 0 saturated heterocycles. The summed E-state index contributed by atoms with van der Waals surface area (Å²) in [6.07, 6.45) is -4.50. The predicted octanol–water partition coefficient (Wildman–Crippen LogP) is 4.50. The highest BCUT2D eigenvalue weighted by Crippen LogP contribution is 2.33. The average molecular weight is 324 g/mol. The summed E-state index contributed by atoms with van der Waals surface area (Å²) in [6, 6.07) is 2.23. The molecule has 0 amide bonds. The largest absolute Gasteiger partial charge is 0.458 e. The molecule has 7 heteroatoms. The van der Waals surface area contributed by atoms with E-state index in [0.717, 1.165) is 12.1 Å². The maximum atomic E-state index is 12.7. The molecule has 0 aliphatic carbocycles. The molecule has 0 fully saturated rings. The van der Waals surface area contributed by atoms with Gasteiger partial charge in [0, 0.05) is 10.7 Å². The van der Waals surface area contributed by atoms with Crippen LogP contribution in [0.5, 0.6) is 0 Å². The fourth-order valence-electron chi connectivity index (χ4n) is 1.54. The second kappa shape index (κ2) is 6.13. The number of alkyl halides is 3. The van der Waals surface area contributed by atoms with Crippen molar-refractivity contribution in [3.05, 3.63) is 28.8 Å². The van der Waals surface area contributed by atoms with Crippen molar-refractivity contribution in [2.75, 3.05) is 5.32 Å². The van der Waals surface area contributed by atoms with E-state index < -0.39 is 29.4 Å². The SMILES string of the molecule is CC(Nc1cc(Cl)cc(C(F)(F)F)c1)C(=O)OC(C)(C)C. The predicted molar refractivity (Wildman–Crippen MR) is 75.4 cm³/mol. The Bertz CT molecular complexity index is 524. The lowest BCUT2D eigenvalue weighted by Crippen LogP contribution is -2.34. The van der Waals surface area contributed by atoms with Crippen molar-refractivity contribution in [2.24, 2.45) is 0 Å². The lowest BCUT2D eigenvalue weighted by Gasteiger charge is -2.23. The second-order valence-electron chi connectivity index (χ2n) is 5.63. The van der Waals surface area contributed by atoms with E-state index in [2.05, 4.69) is 5.32 Å². The Labute approximate surface area is 126 Å². The molecule has 1 rings (SSSR count). The molecule has 118 valence electrons. The van der Waals surface area contributed by atoms with Gasteiger partial charge in [-0.3, -0.25) is 0 Å². The topological polar surface area (TPSA) is 38.3 Å². The van der Waals surface area contributed by atoms with Crippen LogP contribution >= 0.6 is 11.6 Å². The van der Waals surface area contributed by atoms with Gasteiger partial charge >= 0.3 is 12.1 Å². The van der Waals surface area contributed by atoms with E-state index in [-0.39, 0.29) is 10.7 Å². The first-order valence-corrected chi connectivity index (χ1v) is 6.63. The van der Waals surface area contributed by atoms with Crippen LogP contribution in [0.15, 0.2) is 18.2 Å². The van der Waals surface area contributed by atoms with Crippen molar-refractivity contribution < 1.29 is 22.7 Å². The molecule has 1 N–H and O–H groups in total. The maximum Gasteiger partial charge on any atom is 0.416 e. The van der Waals surface area contributed by atoms with Crippen molar-refractivity contribution in [3.8, 4) is 0 Å². The van der Waals surface area contributed by atoms with E-state index in [9.17, 15) is 18.0 Å². The van der Waals surface area contributed by atoms with Crippen LogP contribution in [0, 0.1) is 0 Å². The van der Waals surface area contributed by atoms with Gasteiger partial charge in [0.1, 0.15) is 11.6 Å². The highest BCUT2D eigenvalue weighted by Gasteiger charge is 2.31. The average Bonchev–Trinajstić information content (AvgIpc) is 2.24. The Hall–Kier alpha value is -1.43. The molecule has 1 unspecified atom stereocenters. The monoisotopic (exact) mass is 323 g/mol. The van der Waals surface area contributed by atoms with Gasteiger partial charge in [-0.05, 0) is 45.9 Å². The minimum absolute atomic E-state index is 0.0660. The zero-order valence-corrected chi connectivity index (χ0v) is 12.9. The van der Waals surface area contributed by atoms with Crippen LogP contribution in [0.25, 0.3) is 0 Å². The highest BCUT2D eigenvalue weighted by molar-refractivity contribution is 6.31. The van der Waals surface area contributed by atoms with Crippen LogP contribution in [0.3, 0.4) is 0 Å².